The molecule has 0 saturated heterocycles. The van der Waals surface area contributed by atoms with E-state index in [0.717, 1.165) is 12.1 Å². The third kappa shape index (κ3) is 2.90. The molecule has 0 bridgehead atoms. The lowest BCUT2D eigenvalue weighted by molar-refractivity contribution is -0.0976. The fourth-order valence-electron chi connectivity index (χ4n) is 2.64. The van der Waals surface area contributed by atoms with Crippen molar-refractivity contribution in [3.05, 3.63) is 53.1 Å². The molecule has 23 heavy (non-hydrogen) atoms. The first-order valence-corrected chi connectivity index (χ1v) is 7.94. The quantitative estimate of drug-likeness (QED) is 0.646. The third-order valence-electron chi connectivity index (χ3n) is 3.64. The van der Waals surface area contributed by atoms with Crippen LogP contribution in [0.1, 0.15) is 17.2 Å². The Morgan fingerprint density at radius 3 is 2.43 bits per heavy atom. The van der Waals surface area contributed by atoms with E-state index in [9.17, 15) is 22.7 Å². The molecule has 0 aliphatic heterocycles. The Labute approximate surface area is 134 Å². The number of ether oxygens (including phenoxy) is 1. The molecule has 0 spiro atoms. The van der Waals surface area contributed by atoms with Gasteiger partial charge in [0.2, 0.25) is 0 Å². The first-order valence-electron chi connectivity index (χ1n) is 6.71. The van der Waals surface area contributed by atoms with Crippen molar-refractivity contribution in [2.75, 3.05) is 6.26 Å². The smallest absolute Gasteiger partial charge is 0.281 e. The highest BCUT2D eigenvalue weighted by atomic mass is 32.2. The van der Waals surface area contributed by atoms with Crippen molar-refractivity contribution in [1.29, 1.82) is 0 Å². The fraction of sp³-hybridized carbons (Fsp3) is 0.250. The van der Waals surface area contributed by atoms with Gasteiger partial charge < -0.3 is 9.84 Å². The Morgan fingerprint density at radius 1 is 1.17 bits per heavy atom. The molecule has 0 unspecified atom stereocenters. The summed E-state index contributed by atoms with van der Waals surface area (Å²) in [6.07, 6.45) is -0.903. The van der Waals surface area contributed by atoms with Gasteiger partial charge in [-0.1, -0.05) is 0 Å². The van der Waals surface area contributed by atoms with Crippen LogP contribution in [-0.4, -0.2) is 17.3 Å². The summed E-state index contributed by atoms with van der Waals surface area (Å²) in [6, 6.07) is 5.61. The molecule has 0 amide bonds. The Hall–Kier alpha value is -1.73. The molecule has 1 atom stereocenters. The van der Waals surface area contributed by atoms with Crippen LogP contribution in [0, 0.1) is 11.6 Å². The van der Waals surface area contributed by atoms with E-state index in [1.54, 1.807) is 12.3 Å². The van der Waals surface area contributed by atoms with Gasteiger partial charge in [-0.2, -0.15) is 0 Å². The zero-order chi connectivity index (χ0) is 16.8. The SMILES string of the molecule is CSc1ccc(Oc2cc(F)cc(F)c2)c2c1[C@H](O)C(F)(F)C2. The molecule has 0 fully saturated rings. The first kappa shape index (κ1) is 16.1. The summed E-state index contributed by atoms with van der Waals surface area (Å²) in [4.78, 5) is 0.516. The Bertz CT molecular complexity index is 744. The lowest BCUT2D eigenvalue weighted by Crippen LogP contribution is -2.21. The van der Waals surface area contributed by atoms with E-state index in [1.807, 2.05) is 0 Å². The second-order valence-corrected chi connectivity index (χ2v) is 6.05. The van der Waals surface area contributed by atoms with E-state index in [2.05, 4.69) is 0 Å². The molecular formula is C16H12F4O2S. The maximum Gasteiger partial charge on any atom is 0.281 e. The Morgan fingerprint density at radius 2 is 1.83 bits per heavy atom. The maximum atomic E-state index is 13.9. The summed E-state index contributed by atoms with van der Waals surface area (Å²) < 4.78 is 59.6. The number of aliphatic hydroxyl groups is 1. The number of aliphatic hydroxyl groups excluding tert-OH is 1. The summed E-state index contributed by atoms with van der Waals surface area (Å²) >= 11 is 1.23. The summed E-state index contributed by atoms with van der Waals surface area (Å²) in [5.41, 5.74) is 0.260. The summed E-state index contributed by atoms with van der Waals surface area (Å²) in [7, 11) is 0. The van der Waals surface area contributed by atoms with Crippen LogP contribution < -0.4 is 4.74 Å². The molecule has 7 heteroatoms. The van der Waals surface area contributed by atoms with E-state index < -0.39 is 30.1 Å². The lowest BCUT2D eigenvalue weighted by Gasteiger charge is -2.15. The normalized spacial score (nSPS) is 18.8. The predicted molar refractivity (Wildman–Crippen MR) is 78.3 cm³/mol. The van der Waals surface area contributed by atoms with Crippen LogP contribution in [0.5, 0.6) is 11.5 Å². The minimum Gasteiger partial charge on any atom is -0.457 e. The third-order valence-corrected chi connectivity index (χ3v) is 4.44. The molecule has 0 saturated carbocycles. The highest BCUT2D eigenvalue weighted by Crippen LogP contribution is 2.50. The van der Waals surface area contributed by atoms with Crippen LogP contribution in [-0.2, 0) is 6.42 Å². The van der Waals surface area contributed by atoms with E-state index in [4.69, 9.17) is 4.74 Å². The van der Waals surface area contributed by atoms with Crippen molar-refractivity contribution in [1.82, 2.24) is 0 Å². The molecule has 1 N–H and O–H groups in total. The zero-order valence-electron chi connectivity index (χ0n) is 11.9. The van der Waals surface area contributed by atoms with Crippen LogP contribution >= 0.6 is 11.8 Å². The monoisotopic (exact) mass is 344 g/mol. The summed E-state index contributed by atoms with van der Waals surface area (Å²) in [6.45, 7) is 0. The number of alkyl halides is 2. The molecule has 2 aromatic rings. The zero-order valence-corrected chi connectivity index (χ0v) is 12.8. The number of hydrogen-bond donors (Lipinski definition) is 1. The van der Waals surface area contributed by atoms with Gasteiger partial charge in [0.15, 0.2) is 0 Å². The van der Waals surface area contributed by atoms with Gasteiger partial charge in [-0.05, 0) is 18.4 Å². The van der Waals surface area contributed by atoms with Crippen molar-refractivity contribution in [2.24, 2.45) is 0 Å². The summed E-state index contributed by atoms with van der Waals surface area (Å²) in [5, 5.41) is 9.86. The molecular weight excluding hydrogens is 332 g/mol. The average Bonchev–Trinajstić information content (AvgIpc) is 2.70. The molecule has 0 radical (unpaired) electrons. The average molecular weight is 344 g/mol. The van der Waals surface area contributed by atoms with Crippen LogP contribution in [0.25, 0.3) is 0 Å². The topological polar surface area (TPSA) is 29.5 Å². The van der Waals surface area contributed by atoms with Crippen molar-refractivity contribution < 1.29 is 27.4 Å². The molecule has 1 aliphatic rings. The molecule has 0 aromatic heterocycles. The predicted octanol–water partition coefficient (Wildman–Crippen LogP) is 4.70. The van der Waals surface area contributed by atoms with Gasteiger partial charge >= 0.3 is 0 Å². The number of hydrogen-bond acceptors (Lipinski definition) is 3. The van der Waals surface area contributed by atoms with Crippen LogP contribution in [0.15, 0.2) is 35.2 Å². The minimum atomic E-state index is -3.31. The van der Waals surface area contributed by atoms with Gasteiger partial charge in [0.25, 0.3) is 5.92 Å². The molecule has 122 valence electrons. The van der Waals surface area contributed by atoms with Crippen molar-refractivity contribution in [3.8, 4) is 11.5 Å². The number of halogens is 4. The van der Waals surface area contributed by atoms with Gasteiger partial charge in [-0.25, -0.2) is 17.6 Å². The van der Waals surface area contributed by atoms with Crippen LogP contribution in [0.4, 0.5) is 17.6 Å². The van der Waals surface area contributed by atoms with Gasteiger partial charge in [0, 0.05) is 40.6 Å². The number of rotatable bonds is 3. The van der Waals surface area contributed by atoms with Crippen molar-refractivity contribution >= 4 is 11.8 Å². The highest BCUT2D eigenvalue weighted by molar-refractivity contribution is 7.98. The van der Waals surface area contributed by atoms with Gasteiger partial charge in [-0.3, -0.25) is 0 Å². The maximum absolute atomic E-state index is 13.9. The second kappa shape index (κ2) is 5.72. The molecule has 2 aromatic carbocycles. The molecule has 3 rings (SSSR count). The van der Waals surface area contributed by atoms with Crippen molar-refractivity contribution in [2.45, 2.75) is 23.3 Å². The minimum absolute atomic E-state index is 0.0547. The largest absolute Gasteiger partial charge is 0.457 e. The molecule has 2 nitrogen and oxygen atoms in total. The standard InChI is InChI=1S/C16H12F4O2S/c1-23-13-3-2-12(11-7-16(19,20)15(21)14(11)13)22-10-5-8(17)4-9(18)6-10/h2-6,15,21H,7H2,1H3/t15-/m0/s1. The summed E-state index contributed by atoms with van der Waals surface area (Å²) in [5.74, 6) is -5.05. The number of thioether (sulfide) groups is 1. The van der Waals surface area contributed by atoms with E-state index in [1.165, 1.54) is 17.8 Å². The molecule has 0 heterocycles. The van der Waals surface area contributed by atoms with Crippen LogP contribution in [0.3, 0.4) is 0 Å². The molecule has 1 aliphatic carbocycles. The van der Waals surface area contributed by atoms with E-state index >= 15 is 0 Å². The number of benzene rings is 2. The highest BCUT2D eigenvalue weighted by Gasteiger charge is 2.49. The van der Waals surface area contributed by atoms with Crippen molar-refractivity contribution in [3.63, 3.8) is 0 Å². The fourth-order valence-corrected chi connectivity index (χ4v) is 3.30. The first-order chi connectivity index (χ1) is 10.8. The van der Waals surface area contributed by atoms with Gasteiger partial charge in [-0.15, -0.1) is 11.8 Å². The van der Waals surface area contributed by atoms with Crippen LogP contribution in [0.2, 0.25) is 0 Å². The van der Waals surface area contributed by atoms with Gasteiger partial charge in [0.05, 0.1) is 0 Å². The van der Waals surface area contributed by atoms with E-state index in [-0.39, 0.29) is 22.6 Å². The second-order valence-electron chi connectivity index (χ2n) is 5.21. The number of fused-ring (bicyclic) bond motifs is 1. The lowest BCUT2D eigenvalue weighted by atomic mass is 10.1. The Balaban J connectivity index is 2.05. The van der Waals surface area contributed by atoms with Gasteiger partial charge in [0.1, 0.15) is 29.2 Å². The van der Waals surface area contributed by atoms with E-state index in [0.29, 0.717) is 11.0 Å². The Kier molecular flexibility index (Phi) is 4.01.